The van der Waals surface area contributed by atoms with Gasteiger partial charge in [0.05, 0.1) is 16.5 Å². The molecule has 5 rings (SSSR count). The van der Waals surface area contributed by atoms with Gasteiger partial charge in [-0.3, -0.25) is 4.79 Å². The third-order valence-electron chi connectivity index (χ3n) is 4.69. The second kappa shape index (κ2) is 5.43. The molecule has 0 aliphatic carbocycles. The molecule has 124 valence electrons. The molecule has 1 heterocycles. The van der Waals surface area contributed by atoms with Crippen LogP contribution < -0.4 is 5.56 Å². The molecule has 0 unspecified atom stereocenters. The standard InChI is InChI=1S/C22H14N2O2/c25-20-12-16-8-4-2-6-14(16)10-18(20)21-23-19-11-15-7-3-1-5-13(15)9-17(19)22(26)24-21/h1-12,25H,(H,23,24,26). The van der Waals surface area contributed by atoms with Crippen LogP contribution in [0.25, 0.3) is 43.8 Å². The number of nitrogens with zero attached hydrogens (tertiary/aromatic N) is 1. The molecule has 0 atom stereocenters. The number of hydrogen-bond donors (Lipinski definition) is 2. The van der Waals surface area contributed by atoms with Gasteiger partial charge in [0, 0.05) is 0 Å². The van der Waals surface area contributed by atoms with E-state index >= 15 is 0 Å². The van der Waals surface area contributed by atoms with E-state index in [0.717, 1.165) is 21.5 Å². The second-order valence-electron chi connectivity index (χ2n) is 6.35. The number of aromatic amines is 1. The largest absolute Gasteiger partial charge is 0.507 e. The fourth-order valence-electron chi connectivity index (χ4n) is 3.37. The third kappa shape index (κ3) is 2.24. The lowest BCUT2D eigenvalue weighted by atomic mass is 10.0. The molecule has 4 heteroatoms. The Labute approximate surface area is 148 Å². The Morgan fingerprint density at radius 2 is 1.35 bits per heavy atom. The molecule has 4 nitrogen and oxygen atoms in total. The van der Waals surface area contributed by atoms with Gasteiger partial charge < -0.3 is 10.1 Å². The smallest absolute Gasteiger partial charge is 0.259 e. The van der Waals surface area contributed by atoms with E-state index in [2.05, 4.69) is 9.97 Å². The summed E-state index contributed by atoms with van der Waals surface area (Å²) in [6, 6.07) is 22.9. The van der Waals surface area contributed by atoms with E-state index in [0.29, 0.717) is 22.3 Å². The van der Waals surface area contributed by atoms with Crippen LogP contribution in [0.1, 0.15) is 0 Å². The topological polar surface area (TPSA) is 66.0 Å². The molecule has 1 aromatic heterocycles. The Hall–Kier alpha value is -3.66. The minimum atomic E-state index is -0.219. The van der Waals surface area contributed by atoms with Crippen LogP contribution >= 0.6 is 0 Å². The van der Waals surface area contributed by atoms with Gasteiger partial charge in [0.15, 0.2) is 0 Å². The predicted octanol–water partition coefficient (Wildman–Crippen LogP) is 4.60. The van der Waals surface area contributed by atoms with Gasteiger partial charge in [0.25, 0.3) is 5.56 Å². The fraction of sp³-hybridized carbons (Fsp3) is 0. The summed E-state index contributed by atoms with van der Waals surface area (Å²) in [7, 11) is 0. The molecule has 5 aromatic rings. The van der Waals surface area contributed by atoms with Gasteiger partial charge in [0.1, 0.15) is 11.6 Å². The summed E-state index contributed by atoms with van der Waals surface area (Å²) in [5.41, 5.74) is 0.897. The molecule has 0 aliphatic heterocycles. The number of rotatable bonds is 1. The molecule has 0 fully saturated rings. The van der Waals surface area contributed by atoms with Gasteiger partial charge in [-0.25, -0.2) is 4.98 Å². The van der Waals surface area contributed by atoms with E-state index in [4.69, 9.17) is 0 Å². The van der Waals surface area contributed by atoms with E-state index < -0.39 is 0 Å². The van der Waals surface area contributed by atoms with Crippen LogP contribution in [0, 0.1) is 0 Å². The normalized spacial score (nSPS) is 11.4. The molecule has 26 heavy (non-hydrogen) atoms. The summed E-state index contributed by atoms with van der Waals surface area (Å²) in [4.78, 5) is 20.0. The van der Waals surface area contributed by atoms with Gasteiger partial charge in [-0.05, 0) is 45.8 Å². The number of hydrogen-bond acceptors (Lipinski definition) is 3. The first-order valence-electron chi connectivity index (χ1n) is 8.34. The van der Waals surface area contributed by atoms with Crippen LogP contribution in [0.2, 0.25) is 0 Å². The highest BCUT2D eigenvalue weighted by Gasteiger charge is 2.12. The Balaban J connectivity index is 1.81. The maximum Gasteiger partial charge on any atom is 0.259 e. The molecule has 0 aliphatic rings. The van der Waals surface area contributed by atoms with E-state index in [9.17, 15) is 9.90 Å². The Kier molecular flexibility index (Phi) is 3.06. The number of aromatic nitrogens is 2. The molecule has 2 N–H and O–H groups in total. The zero-order valence-corrected chi connectivity index (χ0v) is 13.7. The molecule has 4 aromatic carbocycles. The number of nitrogens with one attached hydrogen (secondary N) is 1. The molecule has 0 bridgehead atoms. The third-order valence-corrected chi connectivity index (χ3v) is 4.69. The first-order valence-corrected chi connectivity index (χ1v) is 8.34. The fourth-order valence-corrected chi connectivity index (χ4v) is 3.37. The van der Waals surface area contributed by atoms with E-state index in [1.165, 1.54) is 0 Å². The minimum Gasteiger partial charge on any atom is -0.507 e. The highest BCUT2D eigenvalue weighted by atomic mass is 16.3. The quantitative estimate of drug-likeness (QED) is 0.439. The van der Waals surface area contributed by atoms with Crippen molar-refractivity contribution < 1.29 is 5.11 Å². The van der Waals surface area contributed by atoms with Crippen LogP contribution in [-0.4, -0.2) is 15.1 Å². The second-order valence-corrected chi connectivity index (χ2v) is 6.35. The van der Waals surface area contributed by atoms with Crippen LogP contribution in [0.15, 0.2) is 77.6 Å². The molecular weight excluding hydrogens is 324 g/mol. The predicted molar refractivity (Wildman–Crippen MR) is 104 cm³/mol. The summed E-state index contributed by atoms with van der Waals surface area (Å²) < 4.78 is 0. The van der Waals surface area contributed by atoms with Crippen molar-refractivity contribution in [3.63, 3.8) is 0 Å². The molecule has 0 saturated heterocycles. The van der Waals surface area contributed by atoms with Gasteiger partial charge >= 0.3 is 0 Å². The number of fused-ring (bicyclic) bond motifs is 3. The lowest BCUT2D eigenvalue weighted by Gasteiger charge is -2.08. The zero-order chi connectivity index (χ0) is 17.7. The molecular formula is C22H14N2O2. The van der Waals surface area contributed by atoms with Crippen molar-refractivity contribution in [1.82, 2.24) is 9.97 Å². The average molecular weight is 338 g/mol. The number of aromatic hydroxyl groups is 1. The Morgan fingerprint density at radius 3 is 2.04 bits per heavy atom. The van der Waals surface area contributed by atoms with Gasteiger partial charge in [-0.1, -0.05) is 48.5 Å². The highest BCUT2D eigenvalue weighted by Crippen LogP contribution is 2.32. The zero-order valence-electron chi connectivity index (χ0n) is 13.7. The summed E-state index contributed by atoms with van der Waals surface area (Å²) in [6.07, 6.45) is 0. The Morgan fingerprint density at radius 1 is 0.769 bits per heavy atom. The van der Waals surface area contributed by atoms with Crippen LogP contribution in [0.5, 0.6) is 5.75 Å². The van der Waals surface area contributed by atoms with Gasteiger partial charge in [-0.15, -0.1) is 0 Å². The first-order chi connectivity index (χ1) is 12.7. The maximum atomic E-state index is 12.6. The molecule has 0 saturated carbocycles. The monoisotopic (exact) mass is 338 g/mol. The van der Waals surface area contributed by atoms with Crippen molar-refractivity contribution in [2.45, 2.75) is 0 Å². The summed E-state index contributed by atoms with van der Waals surface area (Å²) >= 11 is 0. The van der Waals surface area contributed by atoms with Crippen LogP contribution in [0.3, 0.4) is 0 Å². The molecule has 0 radical (unpaired) electrons. The maximum absolute atomic E-state index is 12.6. The van der Waals surface area contributed by atoms with Gasteiger partial charge in [-0.2, -0.15) is 0 Å². The van der Waals surface area contributed by atoms with Crippen molar-refractivity contribution >= 4 is 32.4 Å². The van der Waals surface area contributed by atoms with Crippen molar-refractivity contribution in [2.24, 2.45) is 0 Å². The van der Waals surface area contributed by atoms with Crippen LogP contribution in [0.4, 0.5) is 0 Å². The average Bonchev–Trinajstić information content (AvgIpc) is 2.66. The summed E-state index contributed by atoms with van der Waals surface area (Å²) in [6.45, 7) is 0. The van der Waals surface area contributed by atoms with E-state index in [-0.39, 0.29) is 11.3 Å². The lowest BCUT2D eigenvalue weighted by molar-refractivity contribution is 0.477. The van der Waals surface area contributed by atoms with E-state index in [1.54, 1.807) is 6.07 Å². The van der Waals surface area contributed by atoms with Crippen molar-refractivity contribution in [2.75, 3.05) is 0 Å². The summed E-state index contributed by atoms with van der Waals surface area (Å²) in [5.74, 6) is 0.452. The number of phenols is 1. The highest BCUT2D eigenvalue weighted by molar-refractivity contribution is 5.97. The minimum absolute atomic E-state index is 0.0898. The van der Waals surface area contributed by atoms with Crippen molar-refractivity contribution in [3.8, 4) is 17.1 Å². The molecule has 0 spiro atoms. The summed E-state index contributed by atoms with van der Waals surface area (Å²) in [5, 5.41) is 14.9. The van der Waals surface area contributed by atoms with E-state index in [1.807, 2.05) is 66.7 Å². The Bertz CT molecular complexity index is 1370. The lowest BCUT2D eigenvalue weighted by Crippen LogP contribution is -2.09. The van der Waals surface area contributed by atoms with Crippen LogP contribution in [-0.2, 0) is 0 Å². The van der Waals surface area contributed by atoms with Crippen molar-refractivity contribution in [1.29, 1.82) is 0 Å². The SMILES string of the molecule is O=c1[nH]c(-c2cc3ccccc3cc2O)nc2cc3ccccc3cc12. The van der Waals surface area contributed by atoms with Gasteiger partial charge in [0.2, 0.25) is 0 Å². The number of phenolic OH excluding ortho intramolecular Hbond substituents is 1. The first kappa shape index (κ1) is 14.7. The van der Waals surface area contributed by atoms with Crippen molar-refractivity contribution in [3.05, 3.63) is 83.2 Å². The molecule has 0 amide bonds. The number of benzene rings is 4. The number of H-pyrrole nitrogens is 1.